The molecule has 0 atom stereocenters. The highest BCUT2D eigenvalue weighted by atomic mass is 32.1. The van der Waals surface area contributed by atoms with Gasteiger partial charge in [-0.1, -0.05) is 12.1 Å². The highest BCUT2D eigenvalue weighted by Crippen LogP contribution is 2.35. The van der Waals surface area contributed by atoms with Crippen LogP contribution < -0.4 is 19.5 Å². The molecular weight excluding hydrogens is 458 g/mol. The number of hydrogen-bond donors (Lipinski definition) is 1. The summed E-state index contributed by atoms with van der Waals surface area (Å²) in [6, 6.07) is 13.3. The summed E-state index contributed by atoms with van der Waals surface area (Å²) in [4.78, 5) is 21.8. The number of carbonyl (C=O) groups excluding carboxylic acids is 1. The highest BCUT2D eigenvalue weighted by Gasteiger charge is 2.15. The molecule has 7 nitrogen and oxygen atoms in total. The molecule has 0 bridgehead atoms. The van der Waals surface area contributed by atoms with E-state index >= 15 is 0 Å². The minimum absolute atomic E-state index is 0.161. The normalized spacial score (nSPS) is 10.6. The summed E-state index contributed by atoms with van der Waals surface area (Å²) in [6.07, 6.45) is 0.161. The van der Waals surface area contributed by atoms with Gasteiger partial charge in [0.2, 0.25) is 5.91 Å². The molecule has 2 heterocycles. The lowest BCUT2D eigenvalue weighted by molar-refractivity contribution is -0.115. The molecule has 33 heavy (non-hydrogen) atoms. The Morgan fingerprint density at radius 2 is 1.82 bits per heavy atom. The summed E-state index contributed by atoms with van der Waals surface area (Å²) in [5.41, 5.74) is 3.17. The first-order valence-electron chi connectivity index (χ1n) is 10.3. The maximum absolute atomic E-state index is 12.6. The molecule has 0 aliphatic rings. The van der Waals surface area contributed by atoms with Gasteiger partial charge in [-0.05, 0) is 31.2 Å². The minimum atomic E-state index is -0.174. The fourth-order valence-corrected chi connectivity index (χ4v) is 4.81. The van der Waals surface area contributed by atoms with E-state index in [1.165, 1.54) is 22.7 Å². The van der Waals surface area contributed by atoms with E-state index < -0.39 is 0 Å². The Bertz CT molecular complexity index is 1250. The van der Waals surface area contributed by atoms with Gasteiger partial charge in [0.05, 0.1) is 44.2 Å². The standard InChI is InChI=1S/C24H23N3O4S2/c1-4-31-20-8-6-5-7-18(20)23-25-15(13-32-23)11-22(28)27-24-26-19(14-33-24)17-10-9-16(29-2)12-21(17)30-3/h5-10,12-14H,4,11H2,1-3H3,(H,26,27,28). The summed E-state index contributed by atoms with van der Waals surface area (Å²) >= 11 is 2.85. The highest BCUT2D eigenvalue weighted by molar-refractivity contribution is 7.14. The number of rotatable bonds is 9. The van der Waals surface area contributed by atoms with Gasteiger partial charge >= 0.3 is 0 Å². The molecule has 0 radical (unpaired) electrons. The zero-order valence-electron chi connectivity index (χ0n) is 18.5. The number of para-hydroxylation sites is 1. The molecule has 0 spiro atoms. The smallest absolute Gasteiger partial charge is 0.232 e. The van der Waals surface area contributed by atoms with E-state index in [4.69, 9.17) is 14.2 Å². The Kier molecular flexibility index (Phi) is 7.21. The zero-order chi connectivity index (χ0) is 23.2. The molecule has 0 saturated heterocycles. The van der Waals surface area contributed by atoms with E-state index in [9.17, 15) is 4.79 Å². The van der Waals surface area contributed by atoms with E-state index in [0.717, 1.165) is 27.6 Å². The van der Waals surface area contributed by atoms with Crippen LogP contribution in [-0.4, -0.2) is 36.7 Å². The van der Waals surface area contributed by atoms with Crippen LogP contribution in [0.3, 0.4) is 0 Å². The topological polar surface area (TPSA) is 82.6 Å². The van der Waals surface area contributed by atoms with Crippen LogP contribution in [0.5, 0.6) is 17.2 Å². The molecule has 0 saturated carbocycles. The van der Waals surface area contributed by atoms with Gasteiger partial charge in [-0.2, -0.15) is 0 Å². The minimum Gasteiger partial charge on any atom is -0.497 e. The Labute approximate surface area is 200 Å². The molecule has 0 unspecified atom stereocenters. The summed E-state index contributed by atoms with van der Waals surface area (Å²) in [7, 11) is 3.20. The van der Waals surface area contributed by atoms with Crippen molar-refractivity contribution >= 4 is 33.7 Å². The number of aromatic nitrogens is 2. The third-order valence-corrected chi connectivity index (χ3v) is 6.43. The van der Waals surface area contributed by atoms with Crippen LogP contribution >= 0.6 is 22.7 Å². The molecule has 1 amide bonds. The van der Waals surface area contributed by atoms with Crippen LogP contribution in [0.15, 0.2) is 53.2 Å². The summed E-state index contributed by atoms with van der Waals surface area (Å²) < 4.78 is 16.4. The van der Waals surface area contributed by atoms with Crippen LogP contribution in [0.1, 0.15) is 12.6 Å². The van der Waals surface area contributed by atoms with E-state index in [0.29, 0.717) is 28.9 Å². The number of methoxy groups -OCH3 is 2. The van der Waals surface area contributed by atoms with Gasteiger partial charge in [0.25, 0.3) is 0 Å². The Morgan fingerprint density at radius 1 is 0.970 bits per heavy atom. The Balaban J connectivity index is 1.44. The number of carbonyl (C=O) groups is 1. The maximum atomic E-state index is 12.6. The van der Waals surface area contributed by atoms with Gasteiger partial charge in [0, 0.05) is 22.4 Å². The van der Waals surface area contributed by atoms with Gasteiger partial charge in [-0.3, -0.25) is 4.79 Å². The van der Waals surface area contributed by atoms with Crippen molar-refractivity contribution in [1.82, 2.24) is 9.97 Å². The van der Waals surface area contributed by atoms with Crippen LogP contribution in [0, 0.1) is 0 Å². The molecule has 9 heteroatoms. The van der Waals surface area contributed by atoms with Gasteiger partial charge in [-0.15, -0.1) is 22.7 Å². The molecule has 0 aliphatic carbocycles. The molecular formula is C24H23N3O4S2. The van der Waals surface area contributed by atoms with Crippen molar-refractivity contribution in [3.63, 3.8) is 0 Å². The van der Waals surface area contributed by atoms with Gasteiger partial charge in [0.15, 0.2) is 5.13 Å². The fraction of sp³-hybridized carbons (Fsp3) is 0.208. The van der Waals surface area contributed by atoms with Crippen LogP contribution in [-0.2, 0) is 11.2 Å². The Morgan fingerprint density at radius 3 is 2.61 bits per heavy atom. The van der Waals surface area contributed by atoms with Gasteiger partial charge in [-0.25, -0.2) is 9.97 Å². The van der Waals surface area contributed by atoms with Crippen molar-refractivity contribution in [3.8, 4) is 39.1 Å². The van der Waals surface area contributed by atoms with E-state index in [1.54, 1.807) is 20.3 Å². The van der Waals surface area contributed by atoms with E-state index in [-0.39, 0.29) is 12.3 Å². The molecule has 4 aromatic rings. The Hall–Kier alpha value is -3.43. The predicted octanol–water partition coefficient (Wildman–Crippen LogP) is 5.53. The molecule has 0 fully saturated rings. The van der Waals surface area contributed by atoms with Crippen LogP contribution in [0.25, 0.3) is 21.8 Å². The molecule has 4 rings (SSSR count). The largest absolute Gasteiger partial charge is 0.497 e. The van der Waals surface area contributed by atoms with Crippen molar-refractivity contribution < 1.29 is 19.0 Å². The predicted molar refractivity (Wildman–Crippen MR) is 132 cm³/mol. The molecule has 0 aliphatic heterocycles. The van der Waals surface area contributed by atoms with Gasteiger partial charge in [0.1, 0.15) is 22.3 Å². The number of nitrogens with one attached hydrogen (secondary N) is 1. The molecule has 1 N–H and O–H groups in total. The average Bonchev–Trinajstić information content (AvgIpc) is 3.49. The third-order valence-electron chi connectivity index (χ3n) is 4.75. The van der Waals surface area contributed by atoms with Crippen molar-refractivity contribution in [3.05, 3.63) is 58.9 Å². The first kappa shape index (κ1) is 22.8. The quantitative estimate of drug-likeness (QED) is 0.338. The van der Waals surface area contributed by atoms with Crippen molar-refractivity contribution in [1.29, 1.82) is 0 Å². The SMILES string of the molecule is CCOc1ccccc1-c1nc(CC(=O)Nc2nc(-c3ccc(OC)cc3OC)cs2)cs1. The monoisotopic (exact) mass is 481 g/mol. The van der Waals surface area contributed by atoms with Crippen LogP contribution in [0.4, 0.5) is 5.13 Å². The molecule has 170 valence electrons. The number of hydrogen-bond acceptors (Lipinski definition) is 8. The van der Waals surface area contributed by atoms with E-state index in [2.05, 4.69) is 15.3 Å². The number of benzene rings is 2. The summed E-state index contributed by atoms with van der Waals surface area (Å²) in [5, 5.41) is 7.98. The zero-order valence-corrected chi connectivity index (χ0v) is 20.1. The number of thiazole rings is 2. The molecule has 2 aromatic carbocycles. The lowest BCUT2D eigenvalue weighted by Gasteiger charge is -2.08. The van der Waals surface area contributed by atoms with Gasteiger partial charge < -0.3 is 19.5 Å². The average molecular weight is 482 g/mol. The third kappa shape index (κ3) is 5.32. The summed E-state index contributed by atoms with van der Waals surface area (Å²) in [5.74, 6) is 1.97. The van der Waals surface area contributed by atoms with Crippen molar-refractivity contribution in [2.75, 3.05) is 26.1 Å². The van der Waals surface area contributed by atoms with E-state index in [1.807, 2.05) is 54.1 Å². The van der Waals surface area contributed by atoms with Crippen molar-refractivity contribution in [2.45, 2.75) is 13.3 Å². The maximum Gasteiger partial charge on any atom is 0.232 e. The number of amides is 1. The first-order chi connectivity index (χ1) is 16.1. The second kappa shape index (κ2) is 10.5. The van der Waals surface area contributed by atoms with Crippen LogP contribution in [0.2, 0.25) is 0 Å². The lowest BCUT2D eigenvalue weighted by Crippen LogP contribution is -2.14. The second-order valence-corrected chi connectivity index (χ2v) is 8.62. The lowest BCUT2D eigenvalue weighted by atomic mass is 10.1. The van der Waals surface area contributed by atoms with Crippen molar-refractivity contribution in [2.24, 2.45) is 0 Å². The summed E-state index contributed by atoms with van der Waals surface area (Å²) in [6.45, 7) is 2.53. The first-order valence-corrected chi connectivity index (χ1v) is 12.0. The number of nitrogens with zero attached hydrogens (tertiary/aromatic N) is 2. The molecule has 2 aromatic heterocycles. The number of anilines is 1. The number of ether oxygens (including phenoxy) is 3. The second-order valence-electron chi connectivity index (χ2n) is 6.90. The fourth-order valence-electron chi connectivity index (χ4n) is 3.23.